The molecule has 0 heterocycles. The Morgan fingerprint density at radius 1 is 1.24 bits per heavy atom. The molecule has 0 saturated heterocycles. The zero-order valence-corrected chi connectivity index (χ0v) is 13.6. The Hall–Kier alpha value is -2.64. The van der Waals surface area contributed by atoms with E-state index < -0.39 is 24.1 Å². The van der Waals surface area contributed by atoms with Crippen LogP contribution in [-0.4, -0.2) is 34.1 Å². The number of alkyl carbamates (subject to hydrolysis) is 1. The van der Waals surface area contributed by atoms with E-state index >= 15 is 0 Å². The molecular formula is C18H20FNO5. The number of aliphatic hydroxyl groups is 2. The Bertz CT molecular complexity index is 723. The smallest absolute Gasteiger partial charge is 0.407 e. The molecule has 0 aliphatic rings. The first-order chi connectivity index (χ1) is 11.9. The number of ether oxygens (including phenoxy) is 1. The summed E-state index contributed by atoms with van der Waals surface area (Å²) in [5.74, 6) is -0.952. The molecule has 0 radical (unpaired) electrons. The van der Waals surface area contributed by atoms with Gasteiger partial charge in [0.2, 0.25) is 0 Å². The van der Waals surface area contributed by atoms with Crippen LogP contribution in [-0.2, 0) is 11.3 Å². The first-order valence-corrected chi connectivity index (χ1v) is 7.68. The van der Waals surface area contributed by atoms with Crippen molar-refractivity contribution in [3.8, 4) is 5.75 Å². The third-order valence-electron chi connectivity index (χ3n) is 3.65. The maximum absolute atomic E-state index is 13.4. The highest BCUT2D eigenvalue weighted by Gasteiger charge is 2.23. The van der Waals surface area contributed by atoms with Gasteiger partial charge in [-0.05, 0) is 30.2 Å². The number of hydrogen-bond donors (Lipinski definition) is 4. The predicted octanol–water partition coefficient (Wildman–Crippen LogP) is 2.16. The zero-order valence-electron chi connectivity index (χ0n) is 13.6. The molecule has 0 aliphatic carbocycles. The number of halogens is 1. The molecule has 0 spiro atoms. The van der Waals surface area contributed by atoms with Crippen LogP contribution in [0.3, 0.4) is 0 Å². The fourth-order valence-electron chi connectivity index (χ4n) is 2.27. The summed E-state index contributed by atoms with van der Waals surface area (Å²) in [4.78, 5) is 11.6. The summed E-state index contributed by atoms with van der Waals surface area (Å²) in [6.45, 7) is 1.21. The van der Waals surface area contributed by atoms with Gasteiger partial charge in [-0.1, -0.05) is 30.3 Å². The van der Waals surface area contributed by atoms with Crippen molar-refractivity contribution in [1.29, 1.82) is 0 Å². The van der Waals surface area contributed by atoms with Gasteiger partial charge < -0.3 is 25.4 Å². The van der Waals surface area contributed by atoms with E-state index in [2.05, 4.69) is 5.32 Å². The van der Waals surface area contributed by atoms with Crippen molar-refractivity contribution >= 4 is 6.09 Å². The molecule has 0 fully saturated rings. The second-order valence-corrected chi connectivity index (χ2v) is 5.62. The highest BCUT2D eigenvalue weighted by molar-refractivity contribution is 5.67. The second-order valence-electron chi connectivity index (χ2n) is 5.62. The van der Waals surface area contributed by atoms with Crippen LogP contribution in [0.5, 0.6) is 5.75 Å². The van der Waals surface area contributed by atoms with E-state index in [0.29, 0.717) is 0 Å². The number of nitrogens with one attached hydrogen (secondary N) is 1. The summed E-state index contributed by atoms with van der Waals surface area (Å²) >= 11 is 0. The SMILES string of the molecule is Cc1cc(F)cc(C(O)C(O)CNC(=O)OCc2ccccc2)c1O. The minimum Gasteiger partial charge on any atom is -0.507 e. The molecule has 7 heteroatoms. The summed E-state index contributed by atoms with van der Waals surface area (Å²) in [5.41, 5.74) is 0.888. The summed E-state index contributed by atoms with van der Waals surface area (Å²) in [6, 6.07) is 11.1. The number of benzene rings is 2. The number of amides is 1. The molecule has 25 heavy (non-hydrogen) atoms. The van der Waals surface area contributed by atoms with E-state index in [9.17, 15) is 24.5 Å². The molecule has 2 aromatic carbocycles. The van der Waals surface area contributed by atoms with E-state index in [-0.39, 0.29) is 30.0 Å². The molecule has 2 aromatic rings. The average molecular weight is 349 g/mol. The van der Waals surface area contributed by atoms with Crippen LogP contribution in [0, 0.1) is 12.7 Å². The van der Waals surface area contributed by atoms with Crippen LogP contribution in [0.25, 0.3) is 0 Å². The Labute approximate surface area is 144 Å². The van der Waals surface area contributed by atoms with Gasteiger partial charge >= 0.3 is 6.09 Å². The molecule has 2 atom stereocenters. The maximum atomic E-state index is 13.4. The van der Waals surface area contributed by atoms with Crippen molar-refractivity contribution in [2.75, 3.05) is 6.54 Å². The normalized spacial score (nSPS) is 13.1. The lowest BCUT2D eigenvalue weighted by Gasteiger charge is -2.20. The standard InChI is InChI=1S/C18H20FNO5/c1-11-7-13(19)8-14(16(11)22)17(23)15(21)9-20-18(24)25-10-12-5-3-2-4-6-12/h2-8,15,17,21-23H,9-10H2,1H3,(H,20,24). The number of aromatic hydroxyl groups is 1. The number of phenols is 1. The van der Waals surface area contributed by atoms with Crippen LogP contribution in [0.4, 0.5) is 9.18 Å². The maximum Gasteiger partial charge on any atom is 0.407 e. The lowest BCUT2D eigenvalue weighted by molar-refractivity contribution is 0.0169. The van der Waals surface area contributed by atoms with Crippen LogP contribution in [0.2, 0.25) is 0 Å². The molecule has 0 aromatic heterocycles. The Balaban J connectivity index is 1.87. The van der Waals surface area contributed by atoms with Crippen molar-refractivity contribution < 1.29 is 29.2 Å². The summed E-state index contributed by atoms with van der Waals surface area (Å²) < 4.78 is 18.4. The lowest BCUT2D eigenvalue weighted by Crippen LogP contribution is -2.35. The average Bonchev–Trinajstić information content (AvgIpc) is 2.61. The zero-order chi connectivity index (χ0) is 18.4. The third-order valence-corrected chi connectivity index (χ3v) is 3.65. The highest BCUT2D eigenvalue weighted by Crippen LogP contribution is 2.30. The van der Waals surface area contributed by atoms with E-state index in [1.807, 2.05) is 18.2 Å². The van der Waals surface area contributed by atoms with E-state index in [1.165, 1.54) is 6.92 Å². The number of aryl methyl sites for hydroxylation is 1. The molecule has 0 bridgehead atoms. The summed E-state index contributed by atoms with van der Waals surface area (Å²) in [6.07, 6.45) is -3.78. The second kappa shape index (κ2) is 8.46. The number of hydrogen-bond acceptors (Lipinski definition) is 5. The van der Waals surface area contributed by atoms with E-state index in [1.54, 1.807) is 12.1 Å². The molecule has 2 unspecified atom stereocenters. The van der Waals surface area contributed by atoms with Crippen molar-refractivity contribution in [2.45, 2.75) is 25.7 Å². The minimum absolute atomic E-state index is 0.0647. The first kappa shape index (κ1) is 18.7. The fourth-order valence-corrected chi connectivity index (χ4v) is 2.27. The Kier molecular flexibility index (Phi) is 6.32. The number of carbonyl (C=O) groups is 1. The molecule has 6 nitrogen and oxygen atoms in total. The van der Waals surface area contributed by atoms with Crippen molar-refractivity contribution in [1.82, 2.24) is 5.32 Å². The lowest BCUT2D eigenvalue weighted by atomic mass is 10.0. The van der Waals surface area contributed by atoms with Crippen LogP contribution >= 0.6 is 0 Å². The van der Waals surface area contributed by atoms with Gasteiger partial charge in [-0.15, -0.1) is 0 Å². The van der Waals surface area contributed by atoms with Gasteiger partial charge in [0.1, 0.15) is 30.4 Å². The number of phenolic OH excluding ortho intramolecular Hbond substituents is 1. The van der Waals surface area contributed by atoms with Crippen molar-refractivity contribution in [3.05, 3.63) is 65.0 Å². The van der Waals surface area contributed by atoms with Gasteiger partial charge in [0.05, 0.1) is 0 Å². The van der Waals surface area contributed by atoms with E-state index in [0.717, 1.165) is 17.7 Å². The molecular weight excluding hydrogens is 329 g/mol. The van der Waals surface area contributed by atoms with Crippen molar-refractivity contribution in [2.24, 2.45) is 0 Å². The van der Waals surface area contributed by atoms with Gasteiger partial charge in [0.15, 0.2) is 0 Å². The van der Waals surface area contributed by atoms with Gasteiger partial charge in [-0.25, -0.2) is 9.18 Å². The molecule has 4 N–H and O–H groups in total. The number of aliphatic hydroxyl groups excluding tert-OH is 2. The molecule has 134 valence electrons. The number of rotatable bonds is 6. The van der Waals surface area contributed by atoms with Gasteiger partial charge in [-0.3, -0.25) is 0 Å². The Morgan fingerprint density at radius 3 is 2.60 bits per heavy atom. The first-order valence-electron chi connectivity index (χ1n) is 7.68. The van der Waals surface area contributed by atoms with Gasteiger partial charge in [-0.2, -0.15) is 0 Å². The minimum atomic E-state index is -1.57. The predicted molar refractivity (Wildman–Crippen MR) is 88.4 cm³/mol. The summed E-state index contributed by atoms with van der Waals surface area (Å²) in [5, 5.41) is 32.2. The highest BCUT2D eigenvalue weighted by atomic mass is 19.1. The third kappa shape index (κ3) is 5.17. The molecule has 0 aliphatic heterocycles. The molecule has 1 amide bonds. The van der Waals surface area contributed by atoms with Gasteiger partial charge in [0.25, 0.3) is 0 Å². The molecule has 2 rings (SSSR count). The topological polar surface area (TPSA) is 99.0 Å². The quantitative estimate of drug-likeness (QED) is 0.641. The summed E-state index contributed by atoms with van der Waals surface area (Å²) in [7, 11) is 0. The largest absolute Gasteiger partial charge is 0.507 e. The van der Waals surface area contributed by atoms with Crippen molar-refractivity contribution in [3.63, 3.8) is 0 Å². The van der Waals surface area contributed by atoms with Crippen LogP contribution in [0.1, 0.15) is 22.8 Å². The monoisotopic (exact) mass is 349 g/mol. The molecule has 0 saturated carbocycles. The number of carbonyl (C=O) groups excluding carboxylic acids is 1. The fraction of sp³-hybridized carbons (Fsp3) is 0.278. The van der Waals surface area contributed by atoms with Crippen LogP contribution in [0.15, 0.2) is 42.5 Å². The van der Waals surface area contributed by atoms with Gasteiger partial charge in [0, 0.05) is 12.1 Å². The van der Waals surface area contributed by atoms with E-state index in [4.69, 9.17) is 4.74 Å². The Morgan fingerprint density at radius 2 is 1.92 bits per heavy atom. The van der Waals surface area contributed by atoms with Crippen LogP contribution < -0.4 is 5.32 Å².